The van der Waals surface area contributed by atoms with Crippen molar-refractivity contribution in [3.63, 3.8) is 0 Å². The van der Waals surface area contributed by atoms with E-state index in [0.29, 0.717) is 19.3 Å². The van der Waals surface area contributed by atoms with E-state index in [1.807, 2.05) is 25.2 Å². The molecule has 6 nitrogen and oxygen atoms in total. The Kier molecular flexibility index (Phi) is 11.4. The zero-order chi connectivity index (χ0) is 22.6. The second-order valence-corrected chi connectivity index (χ2v) is 7.49. The number of allylic oxidation sites excluding steroid dienone is 5. The van der Waals surface area contributed by atoms with Gasteiger partial charge in [0.05, 0.1) is 18.1 Å². The predicted molar refractivity (Wildman–Crippen MR) is 116 cm³/mol. The Morgan fingerprint density at radius 2 is 1.97 bits per heavy atom. The summed E-state index contributed by atoms with van der Waals surface area (Å²) < 4.78 is 9.92. The molecule has 0 saturated carbocycles. The lowest BCUT2D eigenvalue weighted by Crippen LogP contribution is -2.44. The van der Waals surface area contributed by atoms with Gasteiger partial charge in [0.1, 0.15) is 11.7 Å². The molecule has 0 amide bonds. The number of ether oxygens (including phenoxy) is 2. The third kappa shape index (κ3) is 8.28. The lowest BCUT2D eigenvalue weighted by molar-refractivity contribution is -0.152. The molecule has 0 heterocycles. The summed E-state index contributed by atoms with van der Waals surface area (Å²) in [7, 11) is 1.33. The number of aliphatic hydroxyl groups is 1. The first kappa shape index (κ1) is 25.9. The SMILES string of the molecule is CC/C=C\C/C=C\C[C@@]1(O)C=C(Cl)C(=O)[C@@H]1[C@H](/C=C\CCCC(=O)OC)OC(C)=O. The molecule has 1 aliphatic rings. The lowest BCUT2D eigenvalue weighted by atomic mass is 9.82. The van der Waals surface area contributed by atoms with E-state index in [4.69, 9.17) is 16.3 Å². The zero-order valence-electron chi connectivity index (χ0n) is 17.8. The van der Waals surface area contributed by atoms with Crippen molar-refractivity contribution in [2.45, 2.75) is 64.1 Å². The first-order valence-corrected chi connectivity index (χ1v) is 10.5. The van der Waals surface area contributed by atoms with Crippen LogP contribution in [0.1, 0.15) is 52.4 Å². The average molecular weight is 439 g/mol. The maximum atomic E-state index is 12.7. The highest BCUT2D eigenvalue weighted by Crippen LogP contribution is 2.39. The van der Waals surface area contributed by atoms with Crippen LogP contribution in [0.15, 0.2) is 47.6 Å². The smallest absolute Gasteiger partial charge is 0.305 e. The van der Waals surface area contributed by atoms with E-state index in [0.717, 1.165) is 6.42 Å². The molecule has 166 valence electrons. The molecule has 3 atom stereocenters. The number of carbonyl (C=O) groups is 3. The molecule has 1 N–H and O–H groups in total. The first-order valence-electron chi connectivity index (χ1n) is 10.1. The summed E-state index contributed by atoms with van der Waals surface area (Å²) in [4.78, 5) is 35.4. The highest BCUT2D eigenvalue weighted by molar-refractivity contribution is 6.44. The van der Waals surface area contributed by atoms with Gasteiger partial charge in [-0.25, -0.2) is 0 Å². The number of esters is 2. The van der Waals surface area contributed by atoms with Crippen LogP contribution in [0.25, 0.3) is 0 Å². The van der Waals surface area contributed by atoms with Crippen molar-refractivity contribution in [1.82, 2.24) is 0 Å². The molecule has 0 aromatic rings. The van der Waals surface area contributed by atoms with E-state index in [1.165, 1.54) is 20.1 Å². The van der Waals surface area contributed by atoms with Gasteiger partial charge in [-0.05, 0) is 44.3 Å². The molecule has 0 aromatic heterocycles. The van der Waals surface area contributed by atoms with E-state index >= 15 is 0 Å². The van der Waals surface area contributed by atoms with Crippen LogP contribution < -0.4 is 0 Å². The topological polar surface area (TPSA) is 89.9 Å². The minimum atomic E-state index is -1.56. The summed E-state index contributed by atoms with van der Waals surface area (Å²) in [6.45, 7) is 3.29. The first-order chi connectivity index (χ1) is 14.2. The van der Waals surface area contributed by atoms with Gasteiger partial charge in [-0.1, -0.05) is 48.9 Å². The van der Waals surface area contributed by atoms with Gasteiger partial charge in [0.15, 0.2) is 5.78 Å². The van der Waals surface area contributed by atoms with Crippen molar-refractivity contribution >= 4 is 29.3 Å². The highest BCUT2D eigenvalue weighted by Gasteiger charge is 2.50. The Balaban J connectivity index is 2.92. The molecule has 30 heavy (non-hydrogen) atoms. The maximum absolute atomic E-state index is 12.7. The van der Waals surface area contributed by atoms with Crippen LogP contribution in [-0.2, 0) is 23.9 Å². The van der Waals surface area contributed by atoms with Crippen LogP contribution in [-0.4, -0.2) is 41.6 Å². The largest absolute Gasteiger partial charge is 0.469 e. The van der Waals surface area contributed by atoms with Crippen molar-refractivity contribution in [2.75, 3.05) is 7.11 Å². The zero-order valence-corrected chi connectivity index (χ0v) is 18.6. The van der Waals surface area contributed by atoms with Crippen LogP contribution in [0, 0.1) is 5.92 Å². The molecule has 1 aliphatic carbocycles. The third-order valence-electron chi connectivity index (χ3n) is 4.65. The Morgan fingerprint density at radius 3 is 2.60 bits per heavy atom. The maximum Gasteiger partial charge on any atom is 0.305 e. The van der Waals surface area contributed by atoms with Crippen LogP contribution >= 0.6 is 11.6 Å². The molecule has 0 bridgehead atoms. The summed E-state index contributed by atoms with van der Waals surface area (Å²) in [5, 5.41) is 11.1. The van der Waals surface area contributed by atoms with E-state index in [2.05, 4.69) is 4.74 Å². The number of hydrogen-bond acceptors (Lipinski definition) is 6. The van der Waals surface area contributed by atoms with E-state index in [1.54, 1.807) is 18.2 Å². The van der Waals surface area contributed by atoms with Crippen LogP contribution in [0.2, 0.25) is 0 Å². The van der Waals surface area contributed by atoms with Gasteiger partial charge < -0.3 is 14.6 Å². The molecule has 7 heteroatoms. The predicted octanol–water partition coefficient (Wildman–Crippen LogP) is 4.17. The van der Waals surface area contributed by atoms with E-state index < -0.39 is 29.4 Å². The Morgan fingerprint density at radius 1 is 1.27 bits per heavy atom. The molecular formula is C23H31ClO6. The number of halogens is 1. The standard InChI is InChI=1S/C23H31ClO6/c1-4-5-6-7-8-12-15-23(28)16-18(24)22(27)21(23)19(30-17(2)25)13-10-9-11-14-20(26)29-3/h5-6,8,10,12-13,16,19,21,28H,4,7,9,11,14-15H2,1-3H3/b6-5-,12-8-,13-10-/t19-,21-,23+/m0/s1. The summed E-state index contributed by atoms with van der Waals surface area (Å²) in [6.07, 6.45) is 14.5. The Hall–Kier alpha value is -2.18. The van der Waals surface area contributed by atoms with Crippen LogP contribution in [0.3, 0.4) is 0 Å². The van der Waals surface area contributed by atoms with Gasteiger partial charge in [0.2, 0.25) is 0 Å². The number of rotatable bonds is 12. The monoisotopic (exact) mass is 438 g/mol. The summed E-state index contributed by atoms with van der Waals surface area (Å²) in [5.41, 5.74) is -1.56. The minimum absolute atomic E-state index is 0.0713. The second kappa shape index (κ2) is 13.2. The lowest BCUT2D eigenvalue weighted by Gasteiger charge is -2.31. The quantitative estimate of drug-likeness (QED) is 0.279. The normalized spacial score (nSPS) is 22.8. The average Bonchev–Trinajstić information content (AvgIpc) is 2.91. The third-order valence-corrected chi connectivity index (χ3v) is 4.95. The number of methoxy groups -OCH3 is 1. The fourth-order valence-electron chi connectivity index (χ4n) is 3.19. The van der Waals surface area contributed by atoms with Crippen LogP contribution in [0.5, 0.6) is 0 Å². The molecule has 0 unspecified atom stereocenters. The van der Waals surface area contributed by atoms with Gasteiger partial charge in [0, 0.05) is 13.3 Å². The fraction of sp³-hybridized carbons (Fsp3) is 0.522. The molecule has 1 rings (SSSR count). The summed E-state index contributed by atoms with van der Waals surface area (Å²) >= 11 is 6.04. The number of unbranched alkanes of at least 4 members (excludes halogenated alkanes) is 1. The minimum Gasteiger partial charge on any atom is -0.469 e. The molecular weight excluding hydrogens is 408 g/mol. The summed E-state index contributed by atoms with van der Waals surface area (Å²) in [5.74, 6) is -2.39. The number of carbonyl (C=O) groups excluding carboxylic acids is 3. The van der Waals surface area contributed by atoms with Crippen molar-refractivity contribution in [1.29, 1.82) is 0 Å². The molecule has 0 fully saturated rings. The number of hydrogen-bond donors (Lipinski definition) is 1. The van der Waals surface area contributed by atoms with E-state index in [9.17, 15) is 19.5 Å². The Bertz CT molecular complexity index is 721. The van der Waals surface area contributed by atoms with E-state index in [-0.39, 0.29) is 23.8 Å². The van der Waals surface area contributed by atoms with Crippen molar-refractivity contribution < 1.29 is 29.0 Å². The summed E-state index contributed by atoms with van der Waals surface area (Å²) in [6, 6.07) is 0. The van der Waals surface area contributed by atoms with Crippen molar-refractivity contribution in [3.05, 3.63) is 47.6 Å². The molecule has 0 spiro atoms. The molecule has 0 saturated heterocycles. The number of Topliss-reactive ketones (excluding diaryl/α,β-unsaturated/α-hetero) is 1. The van der Waals surface area contributed by atoms with Gasteiger partial charge >= 0.3 is 11.9 Å². The molecule has 0 aromatic carbocycles. The van der Waals surface area contributed by atoms with Crippen molar-refractivity contribution in [3.8, 4) is 0 Å². The van der Waals surface area contributed by atoms with Crippen molar-refractivity contribution in [2.24, 2.45) is 5.92 Å². The molecule has 0 aliphatic heterocycles. The van der Waals surface area contributed by atoms with Gasteiger partial charge in [-0.3, -0.25) is 14.4 Å². The fourth-order valence-corrected chi connectivity index (χ4v) is 3.50. The second-order valence-electron chi connectivity index (χ2n) is 7.09. The van der Waals surface area contributed by atoms with Gasteiger partial charge in [-0.2, -0.15) is 0 Å². The van der Waals surface area contributed by atoms with Crippen LogP contribution in [0.4, 0.5) is 0 Å². The van der Waals surface area contributed by atoms with Gasteiger partial charge in [0.25, 0.3) is 0 Å². The molecule has 0 radical (unpaired) electrons. The van der Waals surface area contributed by atoms with Gasteiger partial charge in [-0.15, -0.1) is 0 Å². The highest BCUT2D eigenvalue weighted by atomic mass is 35.5. The number of ketones is 1. The Labute approximate surface area is 183 Å².